The van der Waals surface area contributed by atoms with E-state index in [1.54, 1.807) is 21.9 Å². The van der Waals surface area contributed by atoms with Gasteiger partial charge < -0.3 is 4.57 Å². The Labute approximate surface area is 213 Å². The highest BCUT2D eigenvalue weighted by Gasteiger charge is 2.54. The molecule has 34 heavy (non-hydrogen) atoms. The summed E-state index contributed by atoms with van der Waals surface area (Å²) in [5, 5.41) is 1.59. The largest absolute Gasteiger partial charge is 0.314 e. The summed E-state index contributed by atoms with van der Waals surface area (Å²) in [6.07, 6.45) is 8.23. The van der Waals surface area contributed by atoms with Gasteiger partial charge in [-0.25, -0.2) is 0 Å². The molecule has 0 aromatic heterocycles. The Hall–Kier alpha value is -0.906. The van der Waals surface area contributed by atoms with Crippen LogP contribution in [0.2, 0.25) is 38.3 Å². The molecular formula is C31H51NSi2. The Bertz CT molecular complexity index is 1020. The minimum atomic E-state index is -1.72. The molecule has 0 saturated heterocycles. The van der Waals surface area contributed by atoms with Crippen molar-refractivity contribution >= 4 is 27.1 Å². The highest BCUT2D eigenvalue weighted by Crippen LogP contribution is 2.59. The zero-order valence-corrected chi connectivity index (χ0v) is 26.5. The molecule has 0 bridgehead atoms. The van der Waals surface area contributed by atoms with E-state index in [4.69, 9.17) is 0 Å². The summed E-state index contributed by atoms with van der Waals surface area (Å²) in [5.41, 5.74) is 7.56. The molecule has 0 amide bonds. The summed E-state index contributed by atoms with van der Waals surface area (Å²) in [6, 6.07) is 7.50. The van der Waals surface area contributed by atoms with E-state index in [2.05, 4.69) is 123 Å². The van der Waals surface area contributed by atoms with Gasteiger partial charge in [0.15, 0.2) is 0 Å². The molecule has 3 unspecified atom stereocenters. The van der Waals surface area contributed by atoms with Gasteiger partial charge in [-0.2, -0.15) is 0 Å². The van der Waals surface area contributed by atoms with E-state index in [1.165, 1.54) is 18.4 Å². The van der Waals surface area contributed by atoms with Gasteiger partial charge in [0.1, 0.15) is 8.24 Å². The lowest BCUT2D eigenvalue weighted by Gasteiger charge is -2.57. The summed E-state index contributed by atoms with van der Waals surface area (Å²) < 4.78 is 2.95. The monoisotopic (exact) mass is 493 g/mol. The lowest BCUT2D eigenvalue weighted by Crippen LogP contribution is -2.67. The predicted molar refractivity (Wildman–Crippen MR) is 157 cm³/mol. The van der Waals surface area contributed by atoms with Gasteiger partial charge in [0.05, 0.1) is 8.07 Å². The Morgan fingerprint density at radius 2 is 1.44 bits per heavy atom. The van der Waals surface area contributed by atoms with E-state index in [9.17, 15) is 0 Å². The standard InChI is InChI=1S/C31H51NSi2/c1-29(2,3)32(30(4,5)6)34(12,13)28-17-14-21-18-26-25(20-24(21)28)23-16-15-22(33(9,10)11)19-27(23)31(26,7)8/h15-16,18-21,24,28H,14,17H2,1-13H3. The number of nitrogens with zero attached hydrogens (tertiary/aromatic N) is 1. The fourth-order valence-electron chi connectivity index (χ4n) is 8.49. The van der Waals surface area contributed by atoms with Crippen molar-refractivity contribution in [1.82, 2.24) is 4.57 Å². The summed E-state index contributed by atoms with van der Waals surface area (Å²) in [4.78, 5) is 0. The Morgan fingerprint density at radius 1 is 0.853 bits per heavy atom. The average Bonchev–Trinajstić information content (AvgIpc) is 3.14. The Kier molecular flexibility index (Phi) is 6.00. The first-order valence-corrected chi connectivity index (χ1v) is 20.2. The quantitative estimate of drug-likeness (QED) is 0.382. The first-order chi connectivity index (χ1) is 15.3. The molecule has 0 heterocycles. The second kappa shape index (κ2) is 7.79. The first kappa shape index (κ1) is 26.2. The molecule has 1 saturated carbocycles. The van der Waals surface area contributed by atoms with Crippen molar-refractivity contribution in [1.29, 1.82) is 0 Å². The lowest BCUT2D eigenvalue weighted by molar-refractivity contribution is 0.122. The average molecular weight is 494 g/mol. The second-order valence-corrected chi connectivity index (χ2v) is 25.1. The minimum Gasteiger partial charge on any atom is -0.314 e. The lowest BCUT2D eigenvalue weighted by atomic mass is 9.76. The minimum absolute atomic E-state index is 0.121. The van der Waals surface area contributed by atoms with Gasteiger partial charge in [0, 0.05) is 16.5 Å². The van der Waals surface area contributed by atoms with Crippen LogP contribution in [-0.2, 0) is 5.41 Å². The summed E-state index contributed by atoms with van der Waals surface area (Å²) in [5.74, 6) is 1.40. The molecule has 1 nitrogen and oxygen atoms in total. The van der Waals surface area contributed by atoms with Gasteiger partial charge in [-0.3, -0.25) is 0 Å². The predicted octanol–water partition coefficient (Wildman–Crippen LogP) is 8.35. The maximum atomic E-state index is 2.95. The molecule has 188 valence electrons. The highest BCUT2D eigenvalue weighted by atomic mass is 28.3. The number of fused-ring (bicyclic) bond motifs is 4. The van der Waals surface area contributed by atoms with Crippen LogP contribution in [-0.4, -0.2) is 32.0 Å². The molecule has 0 N–H and O–H groups in total. The molecule has 4 rings (SSSR count). The van der Waals surface area contributed by atoms with Crippen molar-refractivity contribution < 1.29 is 0 Å². The highest BCUT2D eigenvalue weighted by molar-refractivity contribution is 6.88. The van der Waals surface area contributed by atoms with Crippen LogP contribution in [0.5, 0.6) is 0 Å². The summed E-state index contributed by atoms with van der Waals surface area (Å²) in [7, 11) is -3.05. The van der Waals surface area contributed by atoms with Crippen LogP contribution in [0.15, 0.2) is 35.9 Å². The summed E-state index contributed by atoms with van der Waals surface area (Å²) in [6.45, 7) is 32.3. The number of hydrogen-bond donors (Lipinski definition) is 0. The third-order valence-electron chi connectivity index (χ3n) is 9.15. The maximum absolute atomic E-state index is 2.95. The molecule has 0 radical (unpaired) electrons. The van der Waals surface area contributed by atoms with Crippen LogP contribution < -0.4 is 5.19 Å². The van der Waals surface area contributed by atoms with Crippen LogP contribution in [0.3, 0.4) is 0 Å². The zero-order chi connectivity index (χ0) is 25.6. The zero-order valence-electron chi connectivity index (χ0n) is 24.5. The van der Waals surface area contributed by atoms with E-state index in [0.29, 0.717) is 11.8 Å². The molecule has 1 aromatic rings. The molecule has 3 aliphatic carbocycles. The van der Waals surface area contributed by atoms with Crippen molar-refractivity contribution in [3.63, 3.8) is 0 Å². The van der Waals surface area contributed by atoms with Crippen LogP contribution in [0.1, 0.15) is 79.4 Å². The first-order valence-electron chi connectivity index (χ1n) is 13.7. The molecular weight excluding hydrogens is 443 g/mol. The van der Waals surface area contributed by atoms with E-state index < -0.39 is 16.3 Å². The van der Waals surface area contributed by atoms with Crippen molar-refractivity contribution in [3.05, 3.63) is 47.1 Å². The Morgan fingerprint density at radius 3 is 1.97 bits per heavy atom. The van der Waals surface area contributed by atoms with Crippen molar-refractivity contribution in [2.45, 2.75) is 123 Å². The van der Waals surface area contributed by atoms with Crippen LogP contribution >= 0.6 is 0 Å². The molecule has 3 atom stereocenters. The van der Waals surface area contributed by atoms with Crippen molar-refractivity contribution in [3.8, 4) is 0 Å². The van der Waals surface area contributed by atoms with E-state index in [0.717, 1.165) is 5.54 Å². The molecule has 3 heteroatoms. The van der Waals surface area contributed by atoms with Crippen LogP contribution in [0.4, 0.5) is 0 Å². The van der Waals surface area contributed by atoms with Crippen LogP contribution in [0, 0.1) is 11.8 Å². The normalized spacial score (nSPS) is 26.7. The number of rotatable bonds is 3. The summed E-state index contributed by atoms with van der Waals surface area (Å²) >= 11 is 0. The molecule has 0 spiro atoms. The van der Waals surface area contributed by atoms with Gasteiger partial charge in [0.2, 0.25) is 0 Å². The number of hydrogen-bond acceptors (Lipinski definition) is 1. The molecule has 1 aromatic carbocycles. The van der Waals surface area contributed by atoms with Gasteiger partial charge in [-0.15, -0.1) is 0 Å². The van der Waals surface area contributed by atoms with E-state index in [1.807, 2.05) is 0 Å². The van der Waals surface area contributed by atoms with Gasteiger partial charge in [-0.05, 0) is 87.6 Å². The van der Waals surface area contributed by atoms with Crippen LogP contribution in [0.25, 0.3) is 5.57 Å². The Balaban J connectivity index is 1.79. The molecule has 3 aliphatic rings. The van der Waals surface area contributed by atoms with Gasteiger partial charge in [0.25, 0.3) is 0 Å². The van der Waals surface area contributed by atoms with E-state index in [-0.39, 0.29) is 16.5 Å². The maximum Gasteiger partial charge on any atom is 0.126 e. The van der Waals surface area contributed by atoms with Gasteiger partial charge >= 0.3 is 0 Å². The number of benzene rings is 1. The fraction of sp³-hybridized carbons (Fsp3) is 0.677. The fourth-order valence-corrected chi connectivity index (χ4v) is 15.6. The molecule has 1 fully saturated rings. The topological polar surface area (TPSA) is 3.24 Å². The SMILES string of the molecule is CC1(C)C2=CC3CCC([Si](C)(C)N(C(C)(C)C)C(C)(C)C)C3C=C2c2ccc([Si](C)(C)C)cc21. The third-order valence-corrected chi connectivity index (χ3v) is 16.2. The van der Waals surface area contributed by atoms with Crippen molar-refractivity contribution in [2.75, 3.05) is 0 Å². The van der Waals surface area contributed by atoms with Gasteiger partial charge in [-0.1, -0.05) is 88.5 Å². The van der Waals surface area contributed by atoms with Crippen molar-refractivity contribution in [2.24, 2.45) is 11.8 Å². The smallest absolute Gasteiger partial charge is 0.126 e. The molecule has 0 aliphatic heterocycles. The third kappa shape index (κ3) is 4.08. The number of allylic oxidation sites excluding steroid dienone is 4. The van der Waals surface area contributed by atoms with E-state index >= 15 is 0 Å². The second-order valence-electron chi connectivity index (χ2n) is 15.6.